The van der Waals surface area contributed by atoms with Crippen LogP contribution in [0.25, 0.3) is 0 Å². The van der Waals surface area contributed by atoms with Gasteiger partial charge in [0, 0.05) is 37.4 Å². The Bertz CT molecular complexity index is 1120. The van der Waals surface area contributed by atoms with E-state index in [2.05, 4.69) is 0 Å². The van der Waals surface area contributed by atoms with E-state index in [0.29, 0.717) is 5.57 Å². The molecule has 1 unspecified atom stereocenters. The number of rotatable bonds is 3. The number of methoxy groups -OCH3 is 1. The Labute approximate surface area is 229 Å². The number of ether oxygens (including phenoxy) is 2. The van der Waals surface area contributed by atoms with Gasteiger partial charge in [0.05, 0.1) is 23.7 Å². The van der Waals surface area contributed by atoms with Crippen molar-refractivity contribution in [2.45, 2.75) is 126 Å². The zero-order valence-corrected chi connectivity index (χ0v) is 23.7. The number of hydrogen-bond donors (Lipinski definition) is 6. The van der Waals surface area contributed by atoms with E-state index in [4.69, 9.17) is 9.47 Å². The van der Waals surface area contributed by atoms with Crippen LogP contribution in [0.5, 0.6) is 0 Å². The fourth-order valence-electron chi connectivity index (χ4n) is 9.66. The Kier molecular flexibility index (Phi) is 6.39. The summed E-state index contributed by atoms with van der Waals surface area (Å²) in [6.45, 7) is 8.10. The molecular weight excluding hydrogens is 508 g/mol. The van der Waals surface area contributed by atoms with Crippen molar-refractivity contribution in [3.8, 4) is 0 Å². The number of aliphatic hydroxyl groups is 6. The van der Waals surface area contributed by atoms with Gasteiger partial charge in [0.1, 0.15) is 34.3 Å². The summed E-state index contributed by atoms with van der Waals surface area (Å²) in [6.07, 6.45) is -4.51. The average molecular weight is 553 g/mol. The van der Waals surface area contributed by atoms with Gasteiger partial charge in [-0.25, -0.2) is 4.79 Å². The fraction of sp³-hybridized carbons (Fsp3) is 0.862. The molecule has 4 aliphatic carbocycles. The molecule has 0 aromatic heterocycles. The molecule has 0 aromatic carbocycles. The van der Waals surface area contributed by atoms with Gasteiger partial charge in [0.25, 0.3) is 0 Å². The molecule has 0 aromatic rings. The topological polar surface area (TPSA) is 174 Å². The van der Waals surface area contributed by atoms with Gasteiger partial charge in [-0.05, 0) is 65.2 Å². The van der Waals surface area contributed by atoms with Gasteiger partial charge in [-0.3, -0.25) is 4.79 Å². The van der Waals surface area contributed by atoms with Crippen molar-refractivity contribution in [1.82, 2.24) is 0 Å². The van der Waals surface area contributed by atoms with Crippen LogP contribution in [0.1, 0.15) is 79.6 Å². The van der Waals surface area contributed by atoms with Crippen molar-refractivity contribution in [2.24, 2.45) is 22.7 Å². The molecule has 4 fully saturated rings. The number of ketones is 1. The van der Waals surface area contributed by atoms with E-state index in [1.165, 1.54) is 14.0 Å². The van der Waals surface area contributed by atoms with E-state index >= 15 is 0 Å². The lowest BCUT2D eigenvalue weighted by molar-refractivity contribution is -0.321. The van der Waals surface area contributed by atoms with Crippen molar-refractivity contribution in [3.05, 3.63) is 11.1 Å². The molecule has 0 amide bonds. The molecular formula is C29H44O10. The van der Waals surface area contributed by atoms with Crippen molar-refractivity contribution < 1.29 is 49.7 Å². The predicted molar refractivity (Wildman–Crippen MR) is 137 cm³/mol. The SMILES string of the molecule is CO[C@H]1C[C@@](O)([C@@](C)(O)C2CC(C)=C(C)C(=O)O2)[C@@]2(C)CC[C@H]3[C@@H](C[C@@H](O)[C@@]4(O)[C@@H](O)CCC(=O)[C@]34C)[C@]12O. The van der Waals surface area contributed by atoms with Crippen molar-refractivity contribution in [3.63, 3.8) is 0 Å². The van der Waals surface area contributed by atoms with Crippen LogP contribution < -0.4 is 0 Å². The summed E-state index contributed by atoms with van der Waals surface area (Å²) in [5, 5.41) is 71.2. The third-order valence-electron chi connectivity index (χ3n) is 12.5. The standard InChI is InChI=1S/C29H44O10/c1-14-11-21(39-23(33)15(14)2)26(5,34)27(35)13-22(38-6)28(36)17-12-20(32)29(37)19(31)8-7-18(30)25(29,4)16(17)9-10-24(27,28)3/h16-17,19-22,31-32,34-37H,7-13H2,1-6H3/t16-,17+,19-,20+,21?,22-,24+,25-,26-,27-,28-,29-/m0/s1. The molecule has 0 radical (unpaired) electrons. The summed E-state index contributed by atoms with van der Waals surface area (Å²) in [5.41, 5.74) is -9.66. The predicted octanol–water partition coefficient (Wildman–Crippen LogP) is 0.528. The molecule has 10 heteroatoms. The van der Waals surface area contributed by atoms with Crippen molar-refractivity contribution in [1.29, 1.82) is 0 Å². The maximum atomic E-state index is 13.5. The van der Waals surface area contributed by atoms with E-state index in [0.717, 1.165) is 5.57 Å². The second kappa shape index (κ2) is 8.56. The minimum absolute atomic E-state index is 0.0390. The van der Waals surface area contributed by atoms with Crippen LogP contribution in [0.3, 0.4) is 0 Å². The Balaban J connectivity index is 1.62. The van der Waals surface area contributed by atoms with Gasteiger partial charge in [-0.15, -0.1) is 0 Å². The van der Waals surface area contributed by atoms with Crippen LogP contribution in [-0.2, 0) is 19.1 Å². The van der Waals surface area contributed by atoms with E-state index in [9.17, 15) is 40.2 Å². The number of fused-ring (bicyclic) bond motifs is 5. The van der Waals surface area contributed by atoms with Gasteiger partial charge in [0.2, 0.25) is 0 Å². The highest BCUT2D eigenvalue weighted by molar-refractivity contribution is 5.89. The van der Waals surface area contributed by atoms with Gasteiger partial charge in [-0.1, -0.05) is 12.5 Å². The first-order valence-corrected chi connectivity index (χ1v) is 14.1. The highest BCUT2D eigenvalue weighted by Gasteiger charge is 2.82. The van der Waals surface area contributed by atoms with Crippen LogP contribution in [0.15, 0.2) is 11.1 Å². The maximum absolute atomic E-state index is 13.5. The van der Waals surface area contributed by atoms with Gasteiger partial charge >= 0.3 is 5.97 Å². The lowest BCUT2D eigenvalue weighted by Crippen LogP contribution is -2.79. The van der Waals surface area contributed by atoms with Crippen LogP contribution in [0.4, 0.5) is 0 Å². The molecule has 5 aliphatic rings. The summed E-state index contributed by atoms with van der Waals surface area (Å²) >= 11 is 0. The molecule has 0 spiro atoms. The highest BCUT2D eigenvalue weighted by atomic mass is 16.6. The lowest BCUT2D eigenvalue weighted by atomic mass is 9.40. The highest BCUT2D eigenvalue weighted by Crippen LogP contribution is 2.72. The Morgan fingerprint density at radius 3 is 2.23 bits per heavy atom. The smallest absolute Gasteiger partial charge is 0.334 e. The number of cyclic esters (lactones) is 1. The largest absolute Gasteiger partial charge is 0.455 e. The van der Waals surface area contributed by atoms with E-state index < -0.39 is 75.5 Å². The molecule has 1 aliphatic heterocycles. The Hall–Kier alpha value is -1.40. The summed E-state index contributed by atoms with van der Waals surface area (Å²) in [6, 6.07) is 0. The zero-order chi connectivity index (χ0) is 29.1. The molecule has 39 heavy (non-hydrogen) atoms. The van der Waals surface area contributed by atoms with Gasteiger partial charge < -0.3 is 40.1 Å². The summed E-state index contributed by atoms with van der Waals surface area (Å²) < 4.78 is 11.4. The minimum Gasteiger partial charge on any atom is -0.455 e. The number of aliphatic hydroxyl groups excluding tert-OH is 2. The summed E-state index contributed by atoms with van der Waals surface area (Å²) in [7, 11) is 1.40. The molecule has 10 nitrogen and oxygen atoms in total. The second-order valence-electron chi connectivity index (χ2n) is 13.6. The van der Waals surface area contributed by atoms with Crippen LogP contribution in [0, 0.1) is 22.7 Å². The molecule has 220 valence electrons. The lowest BCUT2D eigenvalue weighted by Gasteiger charge is -2.68. The summed E-state index contributed by atoms with van der Waals surface area (Å²) in [4.78, 5) is 26.0. The van der Waals surface area contributed by atoms with Crippen molar-refractivity contribution >= 4 is 11.8 Å². The third kappa shape index (κ3) is 3.12. The number of carbonyl (C=O) groups excluding carboxylic acids is 2. The molecule has 0 bridgehead atoms. The first kappa shape index (κ1) is 29.1. The second-order valence-corrected chi connectivity index (χ2v) is 13.6. The molecule has 1 heterocycles. The van der Waals surface area contributed by atoms with Gasteiger partial charge in [-0.2, -0.15) is 0 Å². The van der Waals surface area contributed by atoms with E-state index in [1.54, 1.807) is 27.7 Å². The number of esters is 1. The maximum Gasteiger partial charge on any atom is 0.334 e. The normalized spacial score (nSPS) is 53.4. The monoisotopic (exact) mass is 552 g/mol. The summed E-state index contributed by atoms with van der Waals surface area (Å²) in [5.74, 6) is -2.29. The molecule has 5 rings (SSSR count). The minimum atomic E-state index is -2.07. The molecule has 0 saturated heterocycles. The van der Waals surface area contributed by atoms with E-state index in [1.807, 2.05) is 0 Å². The third-order valence-corrected chi connectivity index (χ3v) is 12.5. The van der Waals surface area contributed by atoms with Crippen LogP contribution in [0.2, 0.25) is 0 Å². The fourth-order valence-corrected chi connectivity index (χ4v) is 9.66. The Morgan fingerprint density at radius 1 is 1.00 bits per heavy atom. The number of Topliss-reactive ketones (excluding diaryl/α,β-unsaturated/α-hetero) is 1. The van der Waals surface area contributed by atoms with Gasteiger partial charge in [0.15, 0.2) is 0 Å². The Morgan fingerprint density at radius 2 is 1.64 bits per heavy atom. The van der Waals surface area contributed by atoms with Crippen LogP contribution >= 0.6 is 0 Å². The van der Waals surface area contributed by atoms with Crippen molar-refractivity contribution in [2.75, 3.05) is 7.11 Å². The zero-order valence-electron chi connectivity index (χ0n) is 23.7. The quantitative estimate of drug-likeness (QED) is 0.271. The molecule has 4 saturated carbocycles. The average Bonchev–Trinajstić information content (AvgIpc) is 3.07. The molecule has 6 N–H and O–H groups in total. The first-order chi connectivity index (χ1) is 17.9. The first-order valence-electron chi connectivity index (χ1n) is 14.1. The number of hydrogen-bond acceptors (Lipinski definition) is 10. The van der Waals surface area contributed by atoms with E-state index in [-0.39, 0.29) is 50.7 Å². The van der Waals surface area contributed by atoms with Crippen LogP contribution in [-0.4, -0.2) is 96.3 Å². The molecule has 12 atom stereocenters. The number of carbonyl (C=O) groups is 2.